The van der Waals surface area contributed by atoms with Crippen molar-refractivity contribution in [1.29, 1.82) is 0 Å². The molecule has 1 aromatic heterocycles. The van der Waals surface area contributed by atoms with Crippen molar-refractivity contribution >= 4 is 29.3 Å². The number of para-hydroxylation sites is 1. The highest BCUT2D eigenvalue weighted by Gasteiger charge is 2.36. The highest BCUT2D eigenvalue weighted by Crippen LogP contribution is 2.29. The molecule has 9 heteroatoms. The molecule has 1 aliphatic rings. The minimum Gasteiger partial charge on any atom is -0.493 e. The van der Waals surface area contributed by atoms with E-state index < -0.39 is 11.9 Å². The Labute approximate surface area is 189 Å². The molecule has 1 amide bonds. The first-order valence-electron chi connectivity index (χ1n) is 10.2. The minimum atomic E-state index is -0.538. The van der Waals surface area contributed by atoms with Crippen LogP contribution in [0.4, 0.5) is 5.69 Å². The Bertz CT molecular complexity index is 1100. The van der Waals surface area contributed by atoms with Crippen molar-refractivity contribution in [3.63, 3.8) is 0 Å². The maximum atomic E-state index is 12.5. The number of amides is 1. The van der Waals surface area contributed by atoms with Gasteiger partial charge in [0, 0.05) is 23.5 Å². The number of hydrogen-bond donors (Lipinski definition) is 0. The van der Waals surface area contributed by atoms with Crippen molar-refractivity contribution in [2.45, 2.75) is 24.8 Å². The Morgan fingerprint density at radius 3 is 2.75 bits per heavy atom. The molecule has 3 aromatic rings. The fourth-order valence-corrected chi connectivity index (χ4v) is 3.89. The second-order valence-corrected chi connectivity index (χ2v) is 8.03. The molecular formula is C23H23N3O5S. The first kappa shape index (κ1) is 21.9. The van der Waals surface area contributed by atoms with Crippen molar-refractivity contribution in [3.05, 3.63) is 54.4 Å². The van der Waals surface area contributed by atoms with E-state index in [1.165, 1.54) is 0 Å². The van der Waals surface area contributed by atoms with E-state index in [2.05, 4.69) is 10.1 Å². The largest absolute Gasteiger partial charge is 0.493 e. The first-order chi connectivity index (χ1) is 15.6. The average Bonchev–Trinajstić information content (AvgIpc) is 3.45. The van der Waals surface area contributed by atoms with Crippen molar-refractivity contribution in [2.24, 2.45) is 5.92 Å². The van der Waals surface area contributed by atoms with E-state index in [0.717, 1.165) is 10.6 Å². The van der Waals surface area contributed by atoms with Crippen LogP contribution in [-0.2, 0) is 20.9 Å². The topological polar surface area (TPSA) is 94.8 Å². The standard InChI is InChI=1S/C23H23N3O5S/c1-3-29-19-7-5-4-6-18(19)22-24-20(31-25-22)14-30-23(28)15-12-21(27)26(13-15)16-8-10-17(32-2)11-9-16/h4-11,15H,3,12-14H2,1-2H3. The van der Waals surface area contributed by atoms with Gasteiger partial charge in [-0.1, -0.05) is 17.3 Å². The van der Waals surface area contributed by atoms with E-state index in [4.69, 9.17) is 14.0 Å². The molecule has 4 rings (SSSR count). The Hall–Kier alpha value is -3.33. The van der Waals surface area contributed by atoms with Gasteiger partial charge >= 0.3 is 5.97 Å². The lowest BCUT2D eigenvalue weighted by atomic mass is 10.1. The summed E-state index contributed by atoms with van der Waals surface area (Å²) in [4.78, 5) is 32.0. The van der Waals surface area contributed by atoms with Crippen molar-refractivity contribution < 1.29 is 23.6 Å². The summed E-state index contributed by atoms with van der Waals surface area (Å²) in [7, 11) is 0. The second-order valence-electron chi connectivity index (χ2n) is 7.15. The van der Waals surface area contributed by atoms with E-state index in [1.54, 1.807) is 16.7 Å². The van der Waals surface area contributed by atoms with Crippen molar-refractivity contribution in [3.8, 4) is 17.1 Å². The molecule has 0 N–H and O–H groups in total. The van der Waals surface area contributed by atoms with Gasteiger partial charge in [-0.3, -0.25) is 9.59 Å². The summed E-state index contributed by atoms with van der Waals surface area (Å²) in [6, 6.07) is 15.1. The SMILES string of the molecule is CCOc1ccccc1-c1noc(COC(=O)C2CC(=O)N(c3ccc(SC)cc3)C2)n1. The fraction of sp³-hybridized carbons (Fsp3) is 0.304. The molecule has 0 bridgehead atoms. The highest BCUT2D eigenvalue weighted by molar-refractivity contribution is 7.98. The predicted octanol–water partition coefficient (Wildman–Crippen LogP) is 3.95. The van der Waals surface area contributed by atoms with Crippen LogP contribution in [0.2, 0.25) is 0 Å². The molecule has 2 aromatic carbocycles. The molecule has 8 nitrogen and oxygen atoms in total. The molecule has 0 aliphatic carbocycles. The number of carbonyl (C=O) groups is 2. The lowest BCUT2D eigenvalue weighted by Gasteiger charge is -2.16. The van der Waals surface area contributed by atoms with Crippen LogP contribution in [0.1, 0.15) is 19.2 Å². The third kappa shape index (κ3) is 4.77. The molecule has 166 valence electrons. The maximum Gasteiger partial charge on any atom is 0.311 e. The highest BCUT2D eigenvalue weighted by atomic mass is 32.2. The van der Waals surface area contributed by atoms with Gasteiger partial charge in [-0.25, -0.2) is 0 Å². The van der Waals surface area contributed by atoms with Crippen LogP contribution in [0.3, 0.4) is 0 Å². The number of benzene rings is 2. The lowest BCUT2D eigenvalue weighted by Crippen LogP contribution is -2.26. The van der Waals surface area contributed by atoms with Crippen molar-refractivity contribution in [2.75, 3.05) is 24.3 Å². The summed E-state index contributed by atoms with van der Waals surface area (Å²) >= 11 is 1.63. The fourth-order valence-electron chi connectivity index (χ4n) is 3.48. The first-order valence-corrected chi connectivity index (χ1v) is 11.5. The number of aromatic nitrogens is 2. The van der Waals surface area contributed by atoms with E-state index in [-0.39, 0.29) is 31.4 Å². The number of rotatable bonds is 8. The van der Waals surface area contributed by atoms with Gasteiger partial charge in [0.05, 0.1) is 18.1 Å². The zero-order chi connectivity index (χ0) is 22.5. The predicted molar refractivity (Wildman–Crippen MR) is 119 cm³/mol. The second kappa shape index (κ2) is 9.86. The number of hydrogen-bond acceptors (Lipinski definition) is 8. The number of carbonyl (C=O) groups excluding carboxylic acids is 2. The third-order valence-corrected chi connectivity index (χ3v) is 5.82. The smallest absolute Gasteiger partial charge is 0.311 e. The van der Waals surface area contributed by atoms with Gasteiger partial charge in [0.25, 0.3) is 5.89 Å². The van der Waals surface area contributed by atoms with Gasteiger partial charge in [-0.2, -0.15) is 4.98 Å². The normalized spacial score (nSPS) is 15.8. The summed E-state index contributed by atoms with van der Waals surface area (Å²) in [5, 5.41) is 3.96. The number of thioether (sulfide) groups is 1. The van der Waals surface area contributed by atoms with Gasteiger partial charge in [-0.15, -0.1) is 11.8 Å². The molecule has 1 unspecified atom stereocenters. The van der Waals surface area contributed by atoms with E-state index >= 15 is 0 Å². The van der Waals surface area contributed by atoms with Crippen LogP contribution >= 0.6 is 11.8 Å². The Morgan fingerprint density at radius 1 is 1.22 bits per heavy atom. The molecule has 0 spiro atoms. The van der Waals surface area contributed by atoms with Crippen LogP contribution in [0.15, 0.2) is 57.9 Å². The number of anilines is 1. The minimum absolute atomic E-state index is 0.101. The van der Waals surface area contributed by atoms with E-state index in [0.29, 0.717) is 23.7 Å². The monoisotopic (exact) mass is 453 g/mol. The van der Waals surface area contributed by atoms with Gasteiger partial charge in [-0.05, 0) is 49.6 Å². The van der Waals surface area contributed by atoms with Crippen LogP contribution in [0.5, 0.6) is 5.75 Å². The van der Waals surface area contributed by atoms with Crippen LogP contribution in [0.25, 0.3) is 11.4 Å². The summed E-state index contributed by atoms with van der Waals surface area (Å²) in [5.41, 5.74) is 1.47. The quantitative estimate of drug-likeness (QED) is 0.374. The molecule has 0 saturated carbocycles. The van der Waals surface area contributed by atoms with Gasteiger partial charge < -0.3 is 18.9 Å². The molecule has 1 saturated heterocycles. The van der Waals surface area contributed by atoms with E-state index in [9.17, 15) is 9.59 Å². The molecule has 1 fully saturated rings. The summed E-state index contributed by atoms with van der Waals surface area (Å²) in [6.45, 7) is 2.53. The number of esters is 1. The molecular weight excluding hydrogens is 430 g/mol. The van der Waals surface area contributed by atoms with E-state index in [1.807, 2.05) is 61.7 Å². The Kier molecular flexibility index (Phi) is 6.75. The van der Waals surface area contributed by atoms with Crippen molar-refractivity contribution in [1.82, 2.24) is 10.1 Å². The maximum absolute atomic E-state index is 12.5. The lowest BCUT2D eigenvalue weighted by molar-refractivity contribution is -0.150. The summed E-state index contributed by atoms with van der Waals surface area (Å²) in [5.74, 6) is 0.0790. The molecule has 1 aliphatic heterocycles. The Morgan fingerprint density at radius 2 is 2.00 bits per heavy atom. The number of nitrogens with zero attached hydrogens (tertiary/aromatic N) is 3. The average molecular weight is 454 g/mol. The molecule has 2 heterocycles. The zero-order valence-corrected chi connectivity index (χ0v) is 18.6. The molecule has 0 radical (unpaired) electrons. The van der Waals surface area contributed by atoms with Crippen LogP contribution in [-0.4, -0.2) is 41.4 Å². The van der Waals surface area contributed by atoms with Crippen LogP contribution < -0.4 is 9.64 Å². The molecule has 1 atom stereocenters. The Balaban J connectivity index is 1.36. The summed E-state index contributed by atoms with van der Waals surface area (Å²) in [6.07, 6.45) is 2.10. The third-order valence-electron chi connectivity index (χ3n) is 5.08. The number of ether oxygens (including phenoxy) is 2. The summed E-state index contributed by atoms with van der Waals surface area (Å²) < 4.78 is 16.2. The van der Waals surface area contributed by atoms with Gasteiger partial charge in [0.15, 0.2) is 6.61 Å². The zero-order valence-electron chi connectivity index (χ0n) is 17.8. The van der Waals surface area contributed by atoms with Crippen LogP contribution in [0, 0.1) is 5.92 Å². The van der Waals surface area contributed by atoms with Gasteiger partial charge in [0.1, 0.15) is 5.75 Å². The van der Waals surface area contributed by atoms with Gasteiger partial charge in [0.2, 0.25) is 11.7 Å². The molecule has 32 heavy (non-hydrogen) atoms.